The lowest BCUT2D eigenvalue weighted by Crippen LogP contribution is -2.16. The Bertz CT molecular complexity index is 489. The van der Waals surface area contributed by atoms with Gasteiger partial charge in [-0.1, -0.05) is 0 Å². The van der Waals surface area contributed by atoms with Crippen LogP contribution >= 0.6 is 11.3 Å². The van der Waals surface area contributed by atoms with Crippen LogP contribution in [0.2, 0.25) is 0 Å². The fourth-order valence-electron chi connectivity index (χ4n) is 1.27. The van der Waals surface area contributed by atoms with Crippen molar-refractivity contribution >= 4 is 17.2 Å². The first kappa shape index (κ1) is 9.88. The Morgan fingerprint density at radius 3 is 2.93 bits per heavy atom. The van der Waals surface area contributed by atoms with Gasteiger partial charge in [0.05, 0.1) is 15.4 Å². The molecule has 0 radical (unpaired) electrons. The lowest BCUT2D eigenvalue weighted by atomic mass is 10.3. The van der Waals surface area contributed by atoms with Gasteiger partial charge in [-0.15, -0.1) is 11.3 Å². The molecule has 0 aromatic carbocycles. The van der Waals surface area contributed by atoms with Crippen molar-refractivity contribution in [2.75, 3.05) is 0 Å². The van der Waals surface area contributed by atoms with Crippen LogP contribution in [0.5, 0.6) is 0 Å². The molecule has 15 heavy (non-hydrogen) atoms. The van der Waals surface area contributed by atoms with Crippen LogP contribution in [0.4, 0.5) is 0 Å². The third-order valence-electron chi connectivity index (χ3n) is 2.00. The molecule has 0 aliphatic rings. The second kappa shape index (κ2) is 3.84. The first-order valence-electron chi connectivity index (χ1n) is 4.25. The summed E-state index contributed by atoms with van der Waals surface area (Å²) in [6.45, 7) is 0. The number of hydroxylamine groups is 1. The highest BCUT2D eigenvalue weighted by Crippen LogP contribution is 2.27. The number of hydrogen-bond donors (Lipinski definition) is 2. The minimum Gasteiger partial charge on any atom is -0.288 e. The van der Waals surface area contributed by atoms with Gasteiger partial charge in [-0.2, -0.15) is 5.10 Å². The number of nitrogens with zero attached hydrogens (tertiary/aromatic N) is 2. The molecule has 0 aliphatic carbocycles. The van der Waals surface area contributed by atoms with Crippen molar-refractivity contribution < 1.29 is 10.0 Å². The van der Waals surface area contributed by atoms with Crippen LogP contribution in [0.1, 0.15) is 9.67 Å². The van der Waals surface area contributed by atoms with Gasteiger partial charge in [-0.05, 0) is 18.2 Å². The molecule has 0 unspecified atom stereocenters. The van der Waals surface area contributed by atoms with Gasteiger partial charge in [-0.25, -0.2) is 5.48 Å². The molecule has 0 fully saturated rings. The summed E-state index contributed by atoms with van der Waals surface area (Å²) in [5, 5.41) is 12.5. The Morgan fingerprint density at radius 1 is 1.53 bits per heavy atom. The second-order valence-corrected chi connectivity index (χ2v) is 4.03. The Hall–Kier alpha value is -1.66. The summed E-state index contributed by atoms with van der Waals surface area (Å²) in [5.41, 5.74) is 2.55. The minimum atomic E-state index is -0.492. The Morgan fingerprint density at radius 2 is 2.33 bits per heavy atom. The third kappa shape index (κ3) is 1.77. The van der Waals surface area contributed by atoms with Crippen LogP contribution < -0.4 is 5.48 Å². The minimum absolute atomic E-state index is 0.466. The molecule has 2 aromatic rings. The molecule has 0 saturated carbocycles. The van der Waals surface area contributed by atoms with Gasteiger partial charge in [0.2, 0.25) is 0 Å². The van der Waals surface area contributed by atoms with Crippen molar-refractivity contribution in [1.82, 2.24) is 15.3 Å². The highest BCUT2D eigenvalue weighted by molar-refractivity contribution is 7.17. The van der Waals surface area contributed by atoms with E-state index >= 15 is 0 Å². The zero-order valence-electron chi connectivity index (χ0n) is 7.97. The predicted octanol–water partition coefficient (Wildman–Crippen LogP) is 1.27. The molecule has 2 aromatic heterocycles. The Kier molecular flexibility index (Phi) is 2.53. The Balaban J connectivity index is 2.36. The maximum atomic E-state index is 11.1. The smallest absolute Gasteiger partial charge is 0.284 e. The molecule has 0 bridgehead atoms. The molecule has 0 atom stereocenters. The van der Waals surface area contributed by atoms with Gasteiger partial charge in [0.25, 0.3) is 5.91 Å². The van der Waals surface area contributed by atoms with E-state index in [0.29, 0.717) is 4.88 Å². The average Bonchev–Trinajstić information content (AvgIpc) is 2.84. The molecule has 0 saturated heterocycles. The van der Waals surface area contributed by atoms with Crippen molar-refractivity contribution in [3.8, 4) is 10.6 Å². The van der Waals surface area contributed by atoms with Gasteiger partial charge < -0.3 is 0 Å². The van der Waals surface area contributed by atoms with Crippen LogP contribution in [-0.2, 0) is 7.05 Å². The summed E-state index contributed by atoms with van der Waals surface area (Å²) in [7, 11) is 1.83. The number of rotatable bonds is 2. The van der Waals surface area contributed by atoms with E-state index in [1.165, 1.54) is 11.3 Å². The zero-order valence-corrected chi connectivity index (χ0v) is 8.78. The summed E-state index contributed by atoms with van der Waals surface area (Å²) >= 11 is 1.30. The van der Waals surface area contributed by atoms with E-state index in [1.54, 1.807) is 22.4 Å². The summed E-state index contributed by atoms with van der Waals surface area (Å²) < 4.78 is 1.73. The number of aryl methyl sites for hydroxylation is 1. The van der Waals surface area contributed by atoms with E-state index < -0.39 is 5.91 Å². The molecule has 1 amide bonds. The molecule has 0 aliphatic heterocycles. The van der Waals surface area contributed by atoms with Crippen molar-refractivity contribution in [1.29, 1.82) is 0 Å². The molecule has 2 rings (SSSR count). The summed E-state index contributed by atoms with van der Waals surface area (Å²) in [6.07, 6.45) is 1.70. The van der Waals surface area contributed by atoms with Gasteiger partial charge >= 0.3 is 0 Å². The number of hydrogen-bond acceptors (Lipinski definition) is 4. The van der Waals surface area contributed by atoms with Crippen molar-refractivity contribution in [2.24, 2.45) is 7.05 Å². The molecule has 78 valence electrons. The standard InChI is InChI=1S/C9H9N3O2S/c1-12-6(4-5-10-12)7-2-3-8(15-7)9(13)11-14/h2-5,14H,1H3,(H,11,13). The number of nitrogens with one attached hydrogen (secondary N) is 1. The van der Waals surface area contributed by atoms with Crippen molar-refractivity contribution in [3.05, 3.63) is 29.3 Å². The van der Waals surface area contributed by atoms with Crippen LogP contribution in [0.3, 0.4) is 0 Å². The van der Waals surface area contributed by atoms with Crippen LogP contribution in [0.15, 0.2) is 24.4 Å². The Labute approximate surface area is 89.9 Å². The summed E-state index contributed by atoms with van der Waals surface area (Å²) in [5.74, 6) is -0.492. The molecular weight excluding hydrogens is 214 g/mol. The van der Waals surface area contributed by atoms with E-state index in [1.807, 2.05) is 19.2 Å². The van der Waals surface area contributed by atoms with Crippen molar-refractivity contribution in [2.45, 2.75) is 0 Å². The molecule has 6 heteroatoms. The third-order valence-corrected chi connectivity index (χ3v) is 3.11. The highest BCUT2D eigenvalue weighted by atomic mass is 32.1. The fourth-order valence-corrected chi connectivity index (χ4v) is 2.22. The van der Waals surface area contributed by atoms with Gasteiger partial charge in [0.1, 0.15) is 0 Å². The molecule has 5 nitrogen and oxygen atoms in total. The first-order chi connectivity index (χ1) is 7.22. The van der Waals surface area contributed by atoms with E-state index in [9.17, 15) is 4.79 Å². The maximum absolute atomic E-state index is 11.1. The lowest BCUT2D eigenvalue weighted by molar-refractivity contribution is 0.0711. The number of amides is 1. The van der Waals surface area contributed by atoms with E-state index in [0.717, 1.165) is 10.6 Å². The van der Waals surface area contributed by atoms with Gasteiger partial charge in [-0.3, -0.25) is 14.7 Å². The zero-order chi connectivity index (χ0) is 10.8. The van der Waals surface area contributed by atoms with Crippen LogP contribution in [0, 0.1) is 0 Å². The molecule has 2 N–H and O–H groups in total. The van der Waals surface area contributed by atoms with Crippen LogP contribution in [0.25, 0.3) is 10.6 Å². The van der Waals surface area contributed by atoms with E-state index in [4.69, 9.17) is 5.21 Å². The average molecular weight is 223 g/mol. The highest BCUT2D eigenvalue weighted by Gasteiger charge is 2.10. The normalized spacial score (nSPS) is 10.3. The maximum Gasteiger partial charge on any atom is 0.284 e. The van der Waals surface area contributed by atoms with Gasteiger partial charge in [0.15, 0.2) is 0 Å². The molecule has 2 heterocycles. The van der Waals surface area contributed by atoms with Crippen LogP contribution in [-0.4, -0.2) is 20.9 Å². The topological polar surface area (TPSA) is 67.2 Å². The monoisotopic (exact) mass is 223 g/mol. The molecular formula is C9H9N3O2S. The number of carbonyl (C=O) groups excluding carboxylic acids is 1. The quantitative estimate of drug-likeness (QED) is 0.595. The summed E-state index contributed by atoms with van der Waals surface area (Å²) in [6, 6.07) is 5.36. The second-order valence-electron chi connectivity index (χ2n) is 2.94. The SMILES string of the molecule is Cn1nccc1-c1ccc(C(=O)NO)s1. The molecule has 0 spiro atoms. The van der Waals surface area contributed by atoms with Crippen molar-refractivity contribution in [3.63, 3.8) is 0 Å². The van der Waals surface area contributed by atoms with Gasteiger partial charge in [0, 0.05) is 13.2 Å². The first-order valence-corrected chi connectivity index (χ1v) is 5.06. The lowest BCUT2D eigenvalue weighted by Gasteiger charge is -1.96. The number of aromatic nitrogens is 2. The number of carbonyl (C=O) groups is 1. The fraction of sp³-hybridized carbons (Fsp3) is 0.111. The van der Waals surface area contributed by atoms with E-state index in [-0.39, 0.29) is 0 Å². The summed E-state index contributed by atoms with van der Waals surface area (Å²) in [4.78, 5) is 12.5. The largest absolute Gasteiger partial charge is 0.288 e. The number of thiophene rings is 1. The predicted molar refractivity (Wildman–Crippen MR) is 55.8 cm³/mol. The van der Waals surface area contributed by atoms with E-state index in [2.05, 4.69) is 5.10 Å².